The molecule has 110 valence electrons. The van der Waals surface area contributed by atoms with Crippen LogP contribution in [-0.2, 0) is 4.79 Å². The van der Waals surface area contributed by atoms with E-state index in [0.717, 1.165) is 0 Å². The summed E-state index contributed by atoms with van der Waals surface area (Å²) in [5.74, 6) is -0.237. The van der Waals surface area contributed by atoms with E-state index in [0.29, 0.717) is 23.5 Å². The predicted molar refractivity (Wildman–Crippen MR) is 80.6 cm³/mol. The Morgan fingerprint density at radius 2 is 1.85 bits per heavy atom. The van der Waals surface area contributed by atoms with Crippen molar-refractivity contribution in [2.45, 2.75) is 13.8 Å². The van der Waals surface area contributed by atoms with Crippen molar-refractivity contribution in [3.63, 3.8) is 0 Å². The van der Waals surface area contributed by atoms with Gasteiger partial charge in [-0.15, -0.1) is 0 Å². The third-order valence-corrected chi connectivity index (χ3v) is 3.10. The Labute approximate surface area is 119 Å². The van der Waals surface area contributed by atoms with Crippen molar-refractivity contribution in [1.82, 2.24) is 10.6 Å². The van der Waals surface area contributed by atoms with Crippen LogP contribution in [0, 0.1) is 5.41 Å². The number of nitrogens with two attached hydrogens (primary N) is 1. The fraction of sp³-hybridized carbons (Fsp3) is 0.429. The van der Waals surface area contributed by atoms with Crippen molar-refractivity contribution in [3.8, 4) is 0 Å². The molecule has 0 radical (unpaired) electrons. The van der Waals surface area contributed by atoms with Crippen molar-refractivity contribution >= 4 is 23.2 Å². The Hall–Kier alpha value is -2.24. The molecule has 0 saturated carbocycles. The Morgan fingerprint density at radius 3 is 2.35 bits per heavy atom. The molecule has 5 N–H and O–H groups in total. The van der Waals surface area contributed by atoms with Crippen LogP contribution in [0.1, 0.15) is 24.2 Å². The maximum absolute atomic E-state index is 11.7. The van der Waals surface area contributed by atoms with E-state index in [1.165, 1.54) is 0 Å². The number of amides is 2. The molecular formula is C14H22N4O2. The SMILES string of the molecule is CNC(=O)c1ccc(NCC(C)(C)C(=O)NC)c(N)c1. The van der Waals surface area contributed by atoms with Crippen LogP contribution in [0.25, 0.3) is 0 Å². The van der Waals surface area contributed by atoms with Crippen molar-refractivity contribution in [2.75, 3.05) is 31.7 Å². The van der Waals surface area contributed by atoms with Gasteiger partial charge >= 0.3 is 0 Å². The largest absolute Gasteiger partial charge is 0.397 e. The maximum atomic E-state index is 11.7. The summed E-state index contributed by atoms with van der Waals surface area (Å²) in [6.07, 6.45) is 0. The Bertz CT molecular complexity index is 512. The van der Waals surface area contributed by atoms with Crippen molar-refractivity contribution in [3.05, 3.63) is 23.8 Å². The summed E-state index contributed by atoms with van der Waals surface area (Å²) in [6.45, 7) is 4.12. The van der Waals surface area contributed by atoms with Crippen LogP contribution in [-0.4, -0.2) is 32.5 Å². The van der Waals surface area contributed by atoms with E-state index in [2.05, 4.69) is 16.0 Å². The molecule has 0 fully saturated rings. The molecular weight excluding hydrogens is 256 g/mol. The molecule has 0 heterocycles. The number of hydrogen-bond donors (Lipinski definition) is 4. The lowest BCUT2D eigenvalue weighted by molar-refractivity contribution is -0.128. The van der Waals surface area contributed by atoms with Gasteiger partial charge in [-0.1, -0.05) is 0 Å². The number of carbonyl (C=O) groups is 2. The normalized spacial score (nSPS) is 10.8. The first kappa shape index (κ1) is 15.8. The molecule has 20 heavy (non-hydrogen) atoms. The zero-order chi connectivity index (χ0) is 15.3. The first-order valence-electron chi connectivity index (χ1n) is 6.39. The molecule has 1 aromatic rings. The van der Waals surface area contributed by atoms with E-state index >= 15 is 0 Å². The Balaban J connectivity index is 2.80. The highest BCUT2D eigenvalue weighted by Crippen LogP contribution is 2.23. The lowest BCUT2D eigenvalue weighted by atomic mass is 9.92. The summed E-state index contributed by atoms with van der Waals surface area (Å²) in [5.41, 5.74) is 7.03. The van der Waals surface area contributed by atoms with Crippen LogP contribution in [0.15, 0.2) is 18.2 Å². The zero-order valence-corrected chi connectivity index (χ0v) is 12.3. The third-order valence-electron chi connectivity index (χ3n) is 3.10. The number of nitrogens with one attached hydrogen (secondary N) is 3. The van der Waals surface area contributed by atoms with E-state index in [4.69, 9.17) is 5.73 Å². The number of carbonyl (C=O) groups excluding carboxylic acids is 2. The second-order valence-electron chi connectivity index (χ2n) is 5.20. The van der Waals surface area contributed by atoms with Crippen LogP contribution in [0.5, 0.6) is 0 Å². The highest BCUT2D eigenvalue weighted by molar-refractivity contribution is 5.96. The van der Waals surface area contributed by atoms with Gasteiger partial charge in [0, 0.05) is 26.2 Å². The summed E-state index contributed by atoms with van der Waals surface area (Å²) in [5, 5.41) is 8.30. The Morgan fingerprint density at radius 1 is 1.20 bits per heavy atom. The molecule has 2 amide bonds. The topological polar surface area (TPSA) is 96.2 Å². The van der Waals surface area contributed by atoms with Crippen molar-refractivity contribution in [2.24, 2.45) is 5.41 Å². The van der Waals surface area contributed by atoms with Crippen LogP contribution < -0.4 is 21.7 Å². The average molecular weight is 278 g/mol. The average Bonchev–Trinajstić information content (AvgIpc) is 2.43. The van der Waals surface area contributed by atoms with Gasteiger partial charge in [-0.05, 0) is 32.0 Å². The van der Waals surface area contributed by atoms with E-state index < -0.39 is 5.41 Å². The Kier molecular flexibility index (Phi) is 4.96. The summed E-state index contributed by atoms with van der Waals surface area (Å²) < 4.78 is 0. The maximum Gasteiger partial charge on any atom is 0.251 e. The lowest BCUT2D eigenvalue weighted by Crippen LogP contribution is -2.39. The monoisotopic (exact) mass is 278 g/mol. The molecule has 1 aromatic carbocycles. The van der Waals surface area contributed by atoms with Gasteiger partial charge in [0.1, 0.15) is 0 Å². The summed E-state index contributed by atoms with van der Waals surface area (Å²) in [4.78, 5) is 23.2. The first-order chi connectivity index (χ1) is 9.31. The molecule has 6 nitrogen and oxygen atoms in total. The van der Waals surface area contributed by atoms with Gasteiger partial charge in [-0.3, -0.25) is 9.59 Å². The third kappa shape index (κ3) is 3.63. The van der Waals surface area contributed by atoms with Crippen molar-refractivity contribution < 1.29 is 9.59 Å². The highest BCUT2D eigenvalue weighted by atomic mass is 16.2. The van der Waals surface area contributed by atoms with Gasteiger partial charge in [-0.25, -0.2) is 0 Å². The fourth-order valence-electron chi connectivity index (χ4n) is 1.74. The molecule has 0 aromatic heterocycles. The van der Waals surface area contributed by atoms with Crippen LogP contribution in [0.2, 0.25) is 0 Å². The summed E-state index contributed by atoms with van der Waals surface area (Å²) in [7, 11) is 3.17. The van der Waals surface area contributed by atoms with Gasteiger partial charge in [0.05, 0.1) is 16.8 Å². The van der Waals surface area contributed by atoms with E-state index in [1.54, 1.807) is 32.3 Å². The van der Waals surface area contributed by atoms with E-state index in [1.807, 2.05) is 13.8 Å². The summed E-state index contributed by atoms with van der Waals surface area (Å²) >= 11 is 0. The van der Waals surface area contributed by atoms with Crippen LogP contribution in [0.4, 0.5) is 11.4 Å². The standard InChI is InChI=1S/C14H22N4O2/c1-14(2,13(20)17-4)8-18-11-6-5-9(7-10(11)15)12(19)16-3/h5-7,18H,8,15H2,1-4H3,(H,16,19)(H,17,20). The quantitative estimate of drug-likeness (QED) is 0.599. The predicted octanol–water partition coefficient (Wildman–Crippen LogP) is 0.813. The molecule has 6 heteroatoms. The number of benzene rings is 1. The van der Waals surface area contributed by atoms with Gasteiger partial charge in [0.2, 0.25) is 5.91 Å². The second-order valence-corrected chi connectivity index (χ2v) is 5.20. The molecule has 1 rings (SSSR count). The molecule has 0 aliphatic rings. The number of nitrogen functional groups attached to an aromatic ring is 1. The smallest absolute Gasteiger partial charge is 0.251 e. The number of hydrogen-bond acceptors (Lipinski definition) is 4. The van der Waals surface area contributed by atoms with Crippen molar-refractivity contribution in [1.29, 1.82) is 0 Å². The molecule has 0 atom stereocenters. The van der Waals surface area contributed by atoms with Gasteiger partial charge in [-0.2, -0.15) is 0 Å². The second kappa shape index (κ2) is 6.27. The minimum atomic E-state index is -0.555. The summed E-state index contributed by atoms with van der Waals surface area (Å²) in [6, 6.07) is 5.03. The molecule has 0 unspecified atom stereocenters. The minimum Gasteiger partial charge on any atom is -0.397 e. The highest BCUT2D eigenvalue weighted by Gasteiger charge is 2.26. The zero-order valence-electron chi connectivity index (χ0n) is 12.3. The van der Waals surface area contributed by atoms with Gasteiger partial charge in [0.25, 0.3) is 5.91 Å². The van der Waals surface area contributed by atoms with E-state index in [9.17, 15) is 9.59 Å². The van der Waals surface area contributed by atoms with Gasteiger partial charge < -0.3 is 21.7 Å². The molecule has 0 aliphatic carbocycles. The molecule has 0 aliphatic heterocycles. The van der Waals surface area contributed by atoms with Crippen LogP contribution >= 0.6 is 0 Å². The minimum absolute atomic E-state index is 0.0504. The molecule has 0 saturated heterocycles. The molecule has 0 bridgehead atoms. The molecule has 0 spiro atoms. The van der Waals surface area contributed by atoms with Gasteiger partial charge in [0.15, 0.2) is 0 Å². The number of rotatable bonds is 5. The number of anilines is 2. The lowest BCUT2D eigenvalue weighted by Gasteiger charge is -2.24. The van der Waals surface area contributed by atoms with Crippen LogP contribution in [0.3, 0.4) is 0 Å². The fourth-order valence-corrected chi connectivity index (χ4v) is 1.74. The first-order valence-corrected chi connectivity index (χ1v) is 6.39. The van der Waals surface area contributed by atoms with E-state index in [-0.39, 0.29) is 11.8 Å².